The van der Waals surface area contributed by atoms with E-state index >= 15 is 0 Å². The third-order valence-electron chi connectivity index (χ3n) is 2.87. The summed E-state index contributed by atoms with van der Waals surface area (Å²) in [7, 11) is -3.11. The summed E-state index contributed by atoms with van der Waals surface area (Å²) < 4.78 is 28.1. The monoisotopic (exact) mass is 331 g/mol. The minimum atomic E-state index is -3.11. The summed E-state index contributed by atoms with van der Waals surface area (Å²) in [5.74, 6) is 0. The maximum atomic E-state index is 11.4. The van der Waals surface area contributed by atoms with Gasteiger partial charge >= 0.3 is 0 Å². The van der Waals surface area contributed by atoms with Crippen LogP contribution >= 0.6 is 11.8 Å². The Morgan fingerprint density at radius 3 is 2.52 bits per heavy atom. The Morgan fingerprint density at radius 2 is 1.95 bits per heavy atom. The summed E-state index contributed by atoms with van der Waals surface area (Å²) in [6.07, 6.45) is 2.25. The minimum absolute atomic E-state index is 0.369. The van der Waals surface area contributed by atoms with Crippen LogP contribution in [0.4, 0.5) is 0 Å². The normalized spacial score (nSPS) is 13.3. The van der Waals surface area contributed by atoms with Crippen LogP contribution in [0.2, 0.25) is 0 Å². The first-order chi connectivity index (χ1) is 9.93. The predicted molar refractivity (Wildman–Crippen MR) is 88.9 cm³/mol. The van der Waals surface area contributed by atoms with Gasteiger partial charge in [-0.2, -0.15) is 0 Å². The van der Waals surface area contributed by atoms with Crippen molar-refractivity contribution < 1.29 is 13.2 Å². The molecule has 1 N–H and O–H groups in total. The molecule has 0 spiro atoms. The largest absolute Gasteiger partial charge is 0.382 e. The molecule has 1 rings (SSSR count). The molecule has 0 aromatic heterocycles. The SMILES string of the molecule is CCOCCCNCC(C)Sc1ccc(S(C)(=O)=O)cc1. The highest BCUT2D eigenvalue weighted by atomic mass is 32.2. The summed E-state index contributed by atoms with van der Waals surface area (Å²) in [6, 6.07) is 7.07. The molecule has 120 valence electrons. The summed E-state index contributed by atoms with van der Waals surface area (Å²) >= 11 is 1.74. The van der Waals surface area contributed by atoms with Crippen molar-refractivity contribution in [3.05, 3.63) is 24.3 Å². The molecule has 1 aromatic rings. The number of nitrogens with one attached hydrogen (secondary N) is 1. The zero-order valence-electron chi connectivity index (χ0n) is 13.0. The van der Waals surface area contributed by atoms with Crippen molar-refractivity contribution in [2.24, 2.45) is 0 Å². The van der Waals surface area contributed by atoms with E-state index in [1.807, 2.05) is 19.1 Å². The zero-order chi connectivity index (χ0) is 15.7. The first-order valence-electron chi connectivity index (χ1n) is 7.18. The average Bonchev–Trinajstić information content (AvgIpc) is 2.42. The van der Waals surface area contributed by atoms with Crippen LogP contribution < -0.4 is 5.32 Å². The number of thioether (sulfide) groups is 1. The number of sulfone groups is 1. The molecule has 0 aliphatic carbocycles. The molecular formula is C15H25NO3S2. The second-order valence-corrected chi connectivity index (χ2v) is 8.45. The van der Waals surface area contributed by atoms with Crippen molar-refractivity contribution in [1.82, 2.24) is 5.32 Å². The van der Waals surface area contributed by atoms with Crippen molar-refractivity contribution in [3.8, 4) is 0 Å². The predicted octanol–water partition coefficient (Wildman–Crippen LogP) is 2.59. The molecule has 0 saturated carbocycles. The van der Waals surface area contributed by atoms with E-state index in [1.165, 1.54) is 6.26 Å². The van der Waals surface area contributed by atoms with E-state index in [0.717, 1.165) is 37.6 Å². The third-order valence-corrected chi connectivity index (χ3v) is 5.11. The summed E-state index contributed by atoms with van der Waals surface area (Å²) in [6.45, 7) is 7.61. The molecule has 0 aliphatic rings. The molecule has 0 heterocycles. The number of benzene rings is 1. The Kier molecular flexibility index (Phi) is 8.33. The molecule has 0 fully saturated rings. The van der Waals surface area contributed by atoms with Crippen LogP contribution in [0.15, 0.2) is 34.1 Å². The molecular weight excluding hydrogens is 306 g/mol. The van der Waals surface area contributed by atoms with Crippen LogP contribution in [0.5, 0.6) is 0 Å². The number of ether oxygens (including phenoxy) is 1. The third kappa shape index (κ3) is 7.85. The molecule has 0 radical (unpaired) electrons. The molecule has 6 heteroatoms. The van der Waals surface area contributed by atoms with Crippen molar-refractivity contribution in [2.45, 2.75) is 35.3 Å². The Balaban J connectivity index is 2.30. The van der Waals surface area contributed by atoms with Gasteiger partial charge in [-0.15, -0.1) is 11.8 Å². The van der Waals surface area contributed by atoms with Gasteiger partial charge < -0.3 is 10.1 Å². The van der Waals surface area contributed by atoms with Gasteiger partial charge in [0, 0.05) is 36.2 Å². The topological polar surface area (TPSA) is 55.4 Å². The second-order valence-electron chi connectivity index (χ2n) is 4.93. The van der Waals surface area contributed by atoms with E-state index in [0.29, 0.717) is 10.1 Å². The van der Waals surface area contributed by atoms with E-state index < -0.39 is 9.84 Å². The number of hydrogen-bond donors (Lipinski definition) is 1. The van der Waals surface area contributed by atoms with E-state index in [4.69, 9.17) is 4.74 Å². The van der Waals surface area contributed by atoms with Crippen LogP contribution in [0.25, 0.3) is 0 Å². The van der Waals surface area contributed by atoms with Crippen LogP contribution in [0.1, 0.15) is 20.3 Å². The van der Waals surface area contributed by atoms with Crippen LogP contribution in [0, 0.1) is 0 Å². The highest BCUT2D eigenvalue weighted by Crippen LogP contribution is 2.24. The molecule has 21 heavy (non-hydrogen) atoms. The fraction of sp³-hybridized carbons (Fsp3) is 0.600. The number of hydrogen-bond acceptors (Lipinski definition) is 5. The summed E-state index contributed by atoms with van der Waals surface area (Å²) in [4.78, 5) is 1.46. The average molecular weight is 332 g/mol. The molecule has 1 unspecified atom stereocenters. The van der Waals surface area contributed by atoms with Crippen molar-refractivity contribution in [1.29, 1.82) is 0 Å². The Labute approximate surface area is 132 Å². The Bertz CT molecular complexity index is 500. The van der Waals surface area contributed by atoms with E-state index in [2.05, 4.69) is 12.2 Å². The van der Waals surface area contributed by atoms with Gasteiger partial charge in [0.1, 0.15) is 0 Å². The van der Waals surface area contributed by atoms with E-state index in [-0.39, 0.29) is 0 Å². The number of rotatable bonds is 10. The summed E-state index contributed by atoms with van der Waals surface area (Å²) in [5, 5.41) is 3.83. The highest BCUT2D eigenvalue weighted by molar-refractivity contribution is 8.00. The fourth-order valence-electron chi connectivity index (χ4n) is 1.79. The van der Waals surface area contributed by atoms with Crippen LogP contribution in [-0.4, -0.2) is 46.2 Å². The second kappa shape index (κ2) is 9.46. The van der Waals surface area contributed by atoms with Crippen molar-refractivity contribution >= 4 is 21.6 Å². The van der Waals surface area contributed by atoms with Gasteiger partial charge in [0.2, 0.25) is 0 Å². The maximum Gasteiger partial charge on any atom is 0.175 e. The van der Waals surface area contributed by atoms with Gasteiger partial charge in [-0.25, -0.2) is 8.42 Å². The molecule has 0 bridgehead atoms. The zero-order valence-corrected chi connectivity index (χ0v) is 14.6. The first-order valence-corrected chi connectivity index (χ1v) is 9.96. The lowest BCUT2D eigenvalue weighted by Gasteiger charge is -2.12. The molecule has 0 amide bonds. The molecule has 0 saturated heterocycles. The smallest absolute Gasteiger partial charge is 0.175 e. The van der Waals surface area contributed by atoms with Crippen LogP contribution in [-0.2, 0) is 14.6 Å². The van der Waals surface area contributed by atoms with Gasteiger partial charge in [-0.1, -0.05) is 6.92 Å². The van der Waals surface area contributed by atoms with Gasteiger partial charge in [-0.3, -0.25) is 0 Å². The summed E-state index contributed by atoms with van der Waals surface area (Å²) in [5.41, 5.74) is 0. The lowest BCUT2D eigenvalue weighted by atomic mass is 10.4. The van der Waals surface area contributed by atoms with E-state index in [1.54, 1.807) is 23.9 Å². The molecule has 0 aliphatic heterocycles. The van der Waals surface area contributed by atoms with Gasteiger partial charge in [0.15, 0.2) is 9.84 Å². The molecule has 1 aromatic carbocycles. The highest BCUT2D eigenvalue weighted by Gasteiger charge is 2.08. The minimum Gasteiger partial charge on any atom is -0.382 e. The lowest BCUT2D eigenvalue weighted by molar-refractivity contribution is 0.145. The van der Waals surface area contributed by atoms with Crippen LogP contribution in [0.3, 0.4) is 0 Å². The van der Waals surface area contributed by atoms with E-state index in [9.17, 15) is 8.42 Å². The lowest BCUT2D eigenvalue weighted by Crippen LogP contribution is -2.24. The molecule has 1 atom stereocenters. The quantitative estimate of drug-likeness (QED) is 0.527. The Hall–Kier alpha value is -0.560. The fourth-order valence-corrected chi connectivity index (χ4v) is 3.38. The van der Waals surface area contributed by atoms with Crippen molar-refractivity contribution in [3.63, 3.8) is 0 Å². The first kappa shape index (κ1) is 18.5. The maximum absolute atomic E-state index is 11.4. The Morgan fingerprint density at radius 1 is 1.29 bits per heavy atom. The van der Waals surface area contributed by atoms with Gasteiger partial charge in [0.25, 0.3) is 0 Å². The standard InChI is InChI=1S/C15H25NO3S2/c1-4-19-11-5-10-16-12-13(2)20-14-6-8-15(9-7-14)21(3,17)18/h6-9,13,16H,4-5,10-12H2,1-3H3. The van der Waals surface area contributed by atoms with Crippen molar-refractivity contribution in [2.75, 3.05) is 32.6 Å². The van der Waals surface area contributed by atoms with Gasteiger partial charge in [0.05, 0.1) is 4.90 Å². The van der Waals surface area contributed by atoms with Gasteiger partial charge in [-0.05, 0) is 44.2 Å². The molecule has 4 nitrogen and oxygen atoms in total.